The summed E-state index contributed by atoms with van der Waals surface area (Å²) in [5.41, 5.74) is 5.81. The van der Waals surface area contributed by atoms with Crippen molar-refractivity contribution >= 4 is 11.8 Å². The Morgan fingerprint density at radius 1 is 1.50 bits per heavy atom. The second kappa shape index (κ2) is 5.10. The zero-order chi connectivity index (χ0) is 9.78. The number of nitrogens with two attached hydrogens (primary N) is 1. The monoisotopic (exact) mass is 190 g/mol. The summed E-state index contributed by atoms with van der Waals surface area (Å²) in [5.74, 6) is 1.17. The van der Waals surface area contributed by atoms with Crippen LogP contribution in [0.25, 0.3) is 0 Å². The standard InChI is InChI=1S/C9H22N2S/c1-8(6-12-5)11(4)9(2,3)7-10/h8H,6-7,10H2,1-5H3. The highest BCUT2D eigenvalue weighted by molar-refractivity contribution is 7.98. The maximum Gasteiger partial charge on any atom is 0.0275 e. The Morgan fingerprint density at radius 2 is 2.00 bits per heavy atom. The van der Waals surface area contributed by atoms with Gasteiger partial charge in [-0.1, -0.05) is 0 Å². The zero-order valence-corrected chi connectivity index (χ0v) is 9.74. The second-order valence-corrected chi connectivity index (χ2v) is 4.84. The molecule has 0 aromatic heterocycles. The van der Waals surface area contributed by atoms with Crippen molar-refractivity contribution in [3.63, 3.8) is 0 Å². The van der Waals surface area contributed by atoms with Gasteiger partial charge in [-0.15, -0.1) is 0 Å². The molecule has 2 nitrogen and oxygen atoms in total. The van der Waals surface area contributed by atoms with Gasteiger partial charge in [-0.25, -0.2) is 0 Å². The molecule has 0 aliphatic heterocycles. The Kier molecular flexibility index (Phi) is 5.21. The van der Waals surface area contributed by atoms with E-state index in [0.717, 1.165) is 0 Å². The maximum atomic E-state index is 5.69. The van der Waals surface area contributed by atoms with Crippen LogP contribution in [0.5, 0.6) is 0 Å². The lowest BCUT2D eigenvalue weighted by Gasteiger charge is -2.38. The van der Waals surface area contributed by atoms with Gasteiger partial charge >= 0.3 is 0 Å². The molecule has 0 aliphatic rings. The van der Waals surface area contributed by atoms with Crippen molar-refractivity contribution in [3.05, 3.63) is 0 Å². The summed E-state index contributed by atoms with van der Waals surface area (Å²) < 4.78 is 0. The smallest absolute Gasteiger partial charge is 0.0275 e. The molecule has 2 N–H and O–H groups in total. The molecule has 0 rings (SSSR count). The highest BCUT2D eigenvalue weighted by Crippen LogP contribution is 2.15. The minimum absolute atomic E-state index is 0.120. The predicted molar refractivity (Wildman–Crippen MR) is 58.7 cm³/mol. The van der Waals surface area contributed by atoms with Gasteiger partial charge in [-0.2, -0.15) is 11.8 Å². The number of nitrogens with zero attached hydrogens (tertiary/aromatic N) is 1. The third-order valence-electron chi connectivity index (χ3n) is 2.52. The average Bonchev–Trinajstić information content (AvgIpc) is 2.03. The molecule has 74 valence electrons. The van der Waals surface area contributed by atoms with Gasteiger partial charge < -0.3 is 5.73 Å². The van der Waals surface area contributed by atoms with Crippen LogP contribution in [0, 0.1) is 0 Å². The topological polar surface area (TPSA) is 29.3 Å². The summed E-state index contributed by atoms with van der Waals surface area (Å²) in [4.78, 5) is 2.35. The summed E-state index contributed by atoms with van der Waals surface area (Å²) in [5, 5.41) is 0. The van der Waals surface area contributed by atoms with Crippen LogP contribution in [0.15, 0.2) is 0 Å². The molecule has 0 aromatic carbocycles. The van der Waals surface area contributed by atoms with E-state index in [0.29, 0.717) is 12.6 Å². The van der Waals surface area contributed by atoms with E-state index >= 15 is 0 Å². The fourth-order valence-electron chi connectivity index (χ4n) is 1.09. The average molecular weight is 190 g/mol. The Labute approximate surface area is 80.9 Å². The van der Waals surface area contributed by atoms with Crippen molar-refractivity contribution in [1.82, 2.24) is 4.90 Å². The quantitative estimate of drug-likeness (QED) is 0.711. The molecule has 12 heavy (non-hydrogen) atoms. The highest BCUT2D eigenvalue weighted by atomic mass is 32.2. The molecule has 0 saturated heterocycles. The van der Waals surface area contributed by atoms with Crippen LogP contribution in [0.4, 0.5) is 0 Å². The van der Waals surface area contributed by atoms with E-state index in [1.54, 1.807) is 0 Å². The lowest BCUT2D eigenvalue weighted by atomic mass is 10.0. The largest absolute Gasteiger partial charge is 0.329 e. The maximum absolute atomic E-state index is 5.69. The van der Waals surface area contributed by atoms with Crippen molar-refractivity contribution < 1.29 is 0 Å². The van der Waals surface area contributed by atoms with Crippen LogP contribution >= 0.6 is 11.8 Å². The third kappa shape index (κ3) is 3.33. The van der Waals surface area contributed by atoms with Gasteiger partial charge in [0, 0.05) is 23.9 Å². The van der Waals surface area contributed by atoms with Crippen molar-refractivity contribution in [2.75, 3.05) is 25.6 Å². The van der Waals surface area contributed by atoms with Crippen LogP contribution in [-0.4, -0.2) is 42.1 Å². The first-order valence-electron chi connectivity index (χ1n) is 4.37. The van der Waals surface area contributed by atoms with Crippen molar-refractivity contribution in [3.8, 4) is 0 Å². The van der Waals surface area contributed by atoms with Crippen LogP contribution in [0.3, 0.4) is 0 Å². The van der Waals surface area contributed by atoms with Gasteiger partial charge in [-0.3, -0.25) is 4.90 Å². The fourth-order valence-corrected chi connectivity index (χ4v) is 1.80. The molecule has 3 heteroatoms. The van der Waals surface area contributed by atoms with E-state index in [2.05, 4.69) is 39.0 Å². The van der Waals surface area contributed by atoms with Gasteiger partial charge in [0.15, 0.2) is 0 Å². The lowest BCUT2D eigenvalue weighted by Crippen LogP contribution is -2.51. The van der Waals surface area contributed by atoms with E-state index in [-0.39, 0.29) is 5.54 Å². The van der Waals surface area contributed by atoms with Gasteiger partial charge in [0.1, 0.15) is 0 Å². The summed E-state index contributed by atoms with van der Waals surface area (Å²) in [6.45, 7) is 7.32. The Morgan fingerprint density at radius 3 is 2.33 bits per heavy atom. The first-order chi connectivity index (χ1) is 5.45. The number of hydrogen-bond donors (Lipinski definition) is 1. The molecule has 1 unspecified atom stereocenters. The number of thioether (sulfide) groups is 1. The molecule has 0 amide bonds. The normalized spacial score (nSPS) is 15.2. The van der Waals surface area contributed by atoms with E-state index in [9.17, 15) is 0 Å². The van der Waals surface area contributed by atoms with Crippen molar-refractivity contribution in [2.45, 2.75) is 32.4 Å². The zero-order valence-electron chi connectivity index (χ0n) is 8.92. The Hall–Kier alpha value is 0.270. The number of hydrogen-bond acceptors (Lipinski definition) is 3. The van der Waals surface area contributed by atoms with Crippen molar-refractivity contribution in [1.29, 1.82) is 0 Å². The first-order valence-corrected chi connectivity index (χ1v) is 5.77. The number of likely N-dealkylation sites (N-methyl/N-ethyl adjacent to an activating group) is 1. The van der Waals surface area contributed by atoms with Crippen LogP contribution in [0.1, 0.15) is 20.8 Å². The predicted octanol–water partition coefficient (Wildman–Crippen LogP) is 1.41. The third-order valence-corrected chi connectivity index (χ3v) is 3.34. The van der Waals surface area contributed by atoms with Gasteiger partial charge in [0.2, 0.25) is 0 Å². The van der Waals surface area contributed by atoms with Gasteiger partial charge in [0.05, 0.1) is 0 Å². The molecule has 0 spiro atoms. The molecule has 1 atom stereocenters. The molecule has 0 aromatic rings. The van der Waals surface area contributed by atoms with Crippen molar-refractivity contribution in [2.24, 2.45) is 5.73 Å². The lowest BCUT2D eigenvalue weighted by molar-refractivity contribution is 0.128. The summed E-state index contributed by atoms with van der Waals surface area (Å²) >= 11 is 1.88. The molecule has 0 aliphatic carbocycles. The van der Waals surface area contributed by atoms with Crippen LogP contribution in [0.2, 0.25) is 0 Å². The number of rotatable bonds is 5. The van der Waals surface area contributed by atoms with E-state index in [1.165, 1.54) is 5.75 Å². The van der Waals surface area contributed by atoms with Crippen LogP contribution in [-0.2, 0) is 0 Å². The van der Waals surface area contributed by atoms with E-state index in [4.69, 9.17) is 5.73 Å². The molecular weight excluding hydrogens is 168 g/mol. The van der Waals surface area contributed by atoms with E-state index in [1.807, 2.05) is 11.8 Å². The minimum atomic E-state index is 0.120. The molecule has 0 saturated carbocycles. The Bertz CT molecular complexity index is 126. The summed E-state index contributed by atoms with van der Waals surface area (Å²) in [7, 11) is 2.15. The summed E-state index contributed by atoms with van der Waals surface area (Å²) in [6, 6.07) is 0.596. The molecule has 0 heterocycles. The minimum Gasteiger partial charge on any atom is -0.329 e. The highest BCUT2D eigenvalue weighted by Gasteiger charge is 2.24. The molecule has 0 fully saturated rings. The molecule has 0 radical (unpaired) electrons. The van der Waals surface area contributed by atoms with Crippen LogP contribution < -0.4 is 5.73 Å². The fraction of sp³-hybridized carbons (Fsp3) is 1.00. The van der Waals surface area contributed by atoms with E-state index < -0.39 is 0 Å². The Balaban J connectivity index is 4.07. The van der Waals surface area contributed by atoms with Gasteiger partial charge in [-0.05, 0) is 34.1 Å². The molecule has 0 bridgehead atoms. The van der Waals surface area contributed by atoms with Gasteiger partial charge in [0.25, 0.3) is 0 Å². The second-order valence-electron chi connectivity index (χ2n) is 3.93. The first kappa shape index (κ1) is 12.3. The SMILES string of the molecule is CSCC(C)N(C)C(C)(C)CN. The molecular formula is C9H22N2S. The summed E-state index contributed by atoms with van der Waals surface area (Å²) in [6.07, 6.45) is 2.14.